The largest absolute Gasteiger partial charge is 0.372 e. The molecule has 1 aromatic carbocycles. The summed E-state index contributed by atoms with van der Waals surface area (Å²) in [6.07, 6.45) is 6.84. The highest BCUT2D eigenvalue weighted by atomic mass is 35.5. The van der Waals surface area contributed by atoms with Crippen LogP contribution in [0.25, 0.3) is 0 Å². The van der Waals surface area contributed by atoms with Gasteiger partial charge in [0.25, 0.3) is 0 Å². The van der Waals surface area contributed by atoms with E-state index in [0.29, 0.717) is 23.9 Å². The molecule has 0 aromatic heterocycles. The van der Waals surface area contributed by atoms with E-state index in [4.69, 9.17) is 16.3 Å². The second kappa shape index (κ2) is 7.98. The molecule has 0 heterocycles. The Morgan fingerprint density at radius 3 is 2.73 bits per heavy atom. The van der Waals surface area contributed by atoms with Crippen LogP contribution in [0, 0.1) is 5.92 Å². The molecule has 0 spiro atoms. The van der Waals surface area contributed by atoms with Crippen molar-refractivity contribution in [1.82, 2.24) is 5.32 Å². The van der Waals surface area contributed by atoms with Crippen molar-refractivity contribution in [2.45, 2.75) is 51.0 Å². The number of ether oxygens (including phenoxy) is 1. The Balaban J connectivity index is 1.90. The van der Waals surface area contributed by atoms with E-state index in [1.807, 2.05) is 31.2 Å². The summed E-state index contributed by atoms with van der Waals surface area (Å²) in [6, 6.07) is 7.60. The number of carbonyl (C=O) groups excluding carboxylic acids is 1. The molecule has 1 atom stereocenters. The van der Waals surface area contributed by atoms with Crippen LogP contribution in [0.5, 0.6) is 0 Å². The summed E-state index contributed by atoms with van der Waals surface area (Å²) < 4.78 is 5.65. The van der Waals surface area contributed by atoms with Gasteiger partial charge in [-0.05, 0) is 43.4 Å². The number of benzene rings is 1. The van der Waals surface area contributed by atoms with Crippen molar-refractivity contribution in [3.63, 3.8) is 0 Å². The van der Waals surface area contributed by atoms with Crippen LogP contribution in [0.1, 0.15) is 51.0 Å². The molecule has 0 aliphatic heterocycles. The first-order valence-electron chi connectivity index (χ1n) is 8.11. The molecule has 2 rings (SSSR count). The van der Waals surface area contributed by atoms with Crippen molar-refractivity contribution in [1.29, 1.82) is 0 Å². The predicted molar refractivity (Wildman–Crippen MR) is 90.0 cm³/mol. The monoisotopic (exact) mass is 323 g/mol. The summed E-state index contributed by atoms with van der Waals surface area (Å²) in [7, 11) is 1.66. The first-order valence-corrected chi connectivity index (χ1v) is 8.49. The number of hydrogen-bond acceptors (Lipinski definition) is 2. The van der Waals surface area contributed by atoms with Crippen LogP contribution in [0.15, 0.2) is 24.3 Å². The summed E-state index contributed by atoms with van der Waals surface area (Å²) >= 11 is 6.06. The van der Waals surface area contributed by atoms with Gasteiger partial charge in [0.15, 0.2) is 0 Å². The highest BCUT2D eigenvalue weighted by Gasteiger charge is 2.27. The van der Waals surface area contributed by atoms with E-state index in [1.165, 1.54) is 32.1 Å². The number of amides is 1. The van der Waals surface area contributed by atoms with Crippen molar-refractivity contribution in [2.24, 2.45) is 5.92 Å². The maximum Gasteiger partial charge on any atom is 0.220 e. The van der Waals surface area contributed by atoms with Crippen molar-refractivity contribution >= 4 is 17.5 Å². The Morgan fingerprint density at radius 1 is 1.36 bits per heavy atom. The lowest BCUT2D eigenvalue weighted by Crippen LogP contribution is -2.40. The molecule has 1 fully saturated rings. The fraction of sp³-hybridized carbons (Fsp3) is 0.611. The Morgan fingerprint density at radius 2 is 2.09 bits per heavy atom. The van der Waals surface area contributed by atoms with E-state index in [1.54, 1.807) is 7.11 Å². The Hall–Kier alpha value is -1.06. The molecule has 1 amide bonds. The van der Waals surface area contributed by atoms with Gasteiger partial charge in [-0.1, -0.05) is 43.0 Å². The van der Waals surface area contributed by atoms with Crippen molar-refractivity contribution in [2.75, 3.05) is 13.7 Å². The lowest BCUT2D eigenvalue weighted by atomic mass is 9.86. The molecule has 22 heavy (non-hydrogen) atoms. The van der Waals surface area contributed by atoms with Gasteiger partial charge in [0, 0.05) is 18.6 Å². The first-order chi connectivity index (χ1) is 10.5. The summed E-state index contributed by atoms with van der Waals surface area (Å²) in [5.74, 6) is 0.672. The van der Waals surface area contributed by atoms with E-state index < -0.39 is 5.60 Å². The van der Waals surface area contributed by atoms with E-state index in [0.717, 1.165) is 5.56 Å². The van der Waals surface area contributed by atoms with Gasteiger partial charge in [0.2, 0.25) is 5.91 Å². The fourth-order valence-corrected chi connectivity index (χ4v) is 3.29. The lowest BCUT2D eigenvalue weighted by Gasteiger charge is -2.29. The number of rotatable bonds is 6. The number of methoxy groups -OCH3 is 1. The maximum absolute atomic E-state index is 12.2. The average molecular weight is 324 g/mol. The van der Waals surface area contributed by atoms with Gasteiger partial charge < -0.3 is 10.1 Å². The Kier molecular flexibility index (Phi) is 6.27. The van der Waals surface area contributed by atoms with Crippen LogP contribution in [0.2, 0.25) is 5.02 Å². The minimum atomic E-state index is -0.562. The smallest absolute Gasteiger partial charge is 0.220 e. The third-order valence-corrected chi connectivity index (χ3v) is 4.94. The van der Waals surface area contributed by atoms with E-state index >= 15 is 0 Å². The third kappa shape index (κ3) is 4.72. The van der Waals surface area contributed by atoms with Gasteiger partial charge in [-0.3, -0.25) is 4.79 Å². The summed E-state index contributed by atoms with van der Waals surface area (Å²) in [4.78, 5) is 12.2. The van der Waals surface area contributed by atoms with Crippen molar-refractivity contribution in [3.8, 4) is 0 Å². The quantitative estimate of drug-likeness (QED) is 0.848. The van der Waals surface area contributed by atoms with Gasteiger partial charge in [-0.2, -0.15) is 0 Å². The SMILES string of the molecule is COC(C)(CNC(=O)CC1CCCCC1)c1cccc(Cl)c1. The zero-order valence-corrected chi connectivity index (χ0v) is 14.3. The summed E-state index contributed by atoms with van der Waals surface area (Å²) in [5, 5.41) is 3.71. The van der Waals surface area contributed by atoms with E-state index in [9.17, 15) is 4.79 Å². The van der Waals surface area contributed by atoms with Gasteiger partial charge in [-0.15, -0.1) is 0 Å². The predicted octanol–water partition coefficient (Wildman–Crippen LogP) is 4.29. The summed E-state index contributed by atoms with van der Waals surface area (Å²) in [5.41, 5.74) is 0.410. The molecule has 0 saturated heterocycles. The third-order valence-electron chi connectivity index (χ3n) is 4.71. The Bertz CT molecular complexity index is 500. The normalized spacial score (nSPS) is 18.7. The number of nitrogens with one attached hydrogen (secondary N) is 1. The second-order valence-electron chi connectivity index (χ2n) is 6.43. The topological polar surface area (TPSA) is 38.3 Å². The van der Waals surface area contributed by atoms with E-state index in [2.05, 4.69) is 5.32 Å². The molecule has 1 aliphatic carbocycles. The van der Waals surface area contributed by atoms with Gasteiger partial charge >= 0.3 is 0 Å². The zero-order chi connectivity index (χ0) is 16.0. The van der Waals surface area contributed by atoms with Crippen LogP contribution in [-0.4, -0.2) is 19.6 Å². The molecule has 1 aliphatic rings. The average Bonchev–Trinajstić information content (AvgIpc) is 2.53. The standard InChI is InChI=1S/C18H26ClNO2/c1-18(22-2,15-9-6-10-16(19)12-15)13-20-17(21)11-14-7-4-3-5-8-14/h6,9-10,12,14H,3-5,7-8,11,13H2,1-2H3,(H,20,21). The van der Waals surface area contributed by atoms with Gasteiger partial charge in [-0.25, -0.2) is 0 Å². The molecule has 122 valence electrons. The van der Waals surface area contributed by atoms with Crippen molar-refractivity contribution < 1.29 is 9.53 Å². The molecule has 3 nitrogen and oxygen atoms in total. The molecule has 1 aromatic rings. The molecule has 1 unspecified atom stereocenters. The molecular weight excluding hydrogens is 298 g/mol. The van der Waals surface area contributed by atoms with Gasteiger partial charge in [0.1, 0.15) is 5.60 Å². The van der Waals surface area contributed by atoms with Gasteiger partial charge in [0.05, 0.1) is 6.54 Å². The van der Waals surface area contributed by atoms with E-state index in [-0.39, 0.29) is 5.91 Å². The van der Waals surface area contributed by atoms with Crippen LogP contribution < -0.4 is 5.32 Å². The minimum Gasteiger partial charge on any atom is -0.372 e. The molecule has 0 bridgehead atoms. The number of hydrogen-bond donors (Lipinski definition) is 1. The molecule has 1 N–H and O–H groups in total. The molecule has 0 radical (unpaired) electrons. The Labute approximate surface area is 138 Å². The molecule has 1 saturated carbocycles. The zero-order valence-electron chi connectivity index (χ0n) is 13.5. The molecule has 4 heteroatoms. The van der Waals surface area contributed by atoms with Crippen LogP contribution in [-0.2, 0) is 15.1 Å². The van der Waals surface area contributed by atoms with Crippen LogP contribution in [0.3, 0.4) is 0 Å². The van der Waals surface area contributed by atoms with Crippen molar-refractivity contribution in [3.05, 3.63) is 34.9 Å². The first kappa shape index (κ1) is 17.3. The highest BCUT2D eigenvalue weighted by Crippen LogP contribution is 2.28. The maximum atomic E-state index is 12.2. The second-order valence-corrected chi connectivity index (χ2v) is 6.87. The van der Waals surface area contributed by atoms with Crippen LogP contribution in [0.4, 0.5) is 0 Å². The number of carbonyl (C=O) groups is 1. The van der Waals surface area contributed by atoms with Crippen LogP contribution >= 0.6 is 11.6 Å². The lowest BCUT2D eigenvalue weighted by molar-refractivity contribution is -0.123. The molecular formula is C18H26ClNO2. The minimum absolute atomic E-state index is 0.122. The summed E-state index contributed by atoms with van der Waals surface area (Å²) in [6.45, 7) is 2.43. The number of halogens is 1. The highest BCUT2D eigenvalue weighted by molar-refractivity contribution is 6.30. The fourth-order valence-electron chi connectivity index (χ4n) is 3.10.